The van der Waals surface area contributed by atoms with E-state index in [1.165, 1.54) is 24.5 Å². The highest BCUT2D eigenvalue weighted by molar-refractivity contribution is 9.10. The fourth-order valence-electron chi connectivity index (χ4n) is 1.53. The summed E-state index contributed by atoms with van der Waals surface area (Å²) in [5, 5.41) is 0. The SMILES string of the molecule is O=Cc1cc(Br)cn1-c1ncccc1C(F)(F)F. The molecule has 0 radical (unpaired) electrons. The zero-order valence-corrected chi connectivity index (χ0v) is 10.4. The minimum Gasteiger partial charge on any atom is -0.297 e. The maximum absolute atomic E-state index is 12.8. The Morgan fingerprint density at radius 1 is 1.39 bits per heavy atom. The number of carbonyl (C=O) groups is 1. The topological polar surface area (TPSA) is 34.9 Å². The second kappa shape index (κ2) is 4.56. The number of aldehydes is 1. The molecule has 0 saturated heterocycles. The quantitative estimate of drug-likeness (QED) is 0.795. The maximum atomic E-state index is 12.8. The summed E-state index contributed by atoms with van der Waals surface area (Å²) in [6.07, 6.45) is -1.45. The lowest BCUT2D eigenvalue weighted by atomic mass is 10.2. The summed E-state index contributed by atoms with van der Waals surface area (Å²) in [5.74, 6) is -0.321. The van der Waals surface area contributed by atoms with Crippen LogP contribution >= 0.6 is 15.9 Å². The van der Waals surface area contributed by atoms with Gasteiger partial charge in [0.05, 0.1) is 11.3 Å². The molecule has 0 aromatic carbocycles. The van der Waals surface area contributed by atoms with Crippen molar-refractivity contribution in [2.45, 2.75) is 6.18 Å². The summed E-state index contributed by atoms with van der Waals surface area (Å²) in [7, 11) is 0. The van der Waals surface area contributed by atoms with Crippen molar-refractivity contribution in [1.29, 1.82) is 0 Å². The lowest BCUT2D eigenvalue weighted by Gasteiger charge is -2.12. The molecule has 3 nitrogen and oxygen atoms in total. The highest BCUT2D eigenvalue weighted by Crippen LogP contribution is 2.33. The standard InChI is InChI=1S/C11H6BrF3N2O/c12-7-4-8(6-18)17(5-7)10-9(11(13,14)15)2-1-3-16-10/h1-6H. The first-order chi connectivity index (χ1) is 8.43. The number of carbonyl (C=O) groups excluding carboxylic acids is 1. The summed E-state index contributed by atoms with van der Waals surface area (Å²) < 4.78 is 40.1. The van der Waals surface area contributed by atoms with Crippen LogP contribution in [0.1, 0.15) is 16.1 Å². The molecule has 0 bridgehead atoms. The van der Waals surface area contributed by atoms with Gasteiger partial charge in [0.1, 0.15) is 5.82 Å². The first-order valence-corrected chi connectivity index (χ1v) is 5.58. The molecule has 0 unspecified atom stereocenters. The van der Waals surface area contributed by atoms with Gasteiger partial charge in [-0.25, -0.2) is 4.98 Å². The van der Waals surface area contributed by atoms with Gasteiger partial charge in [-0.1, -0.05) is 0 Å². The van der Waals surface area contributed by atoms with E-state index in [2.05, 4.69) is 20.9 Å². The molecule has 0 N–H and O–H groups in total. The third-order valence-electron chi connectivity index (χ3n) is 2.26. The predicted molar refractivity (Wildman–Crippen MR) is 61.7 cm³/mol. The predicted octanol–water partition coefficient (Wildman–Crippen LogP) is 3.47. The second-order valence-electron chi connectivity index (χ2n) is 3.44. The van der Waals surface area contributed by atoms with Crippen LogP contribution in [0.4, 0.5) is 13.2 Å². The molecule has 18 heavy (non-hydrogen) atoms. The maximum Gasteiger partial charge on any atom is 0.419 e. The van der Waals surface area contributed by atoms with Crippen LogP contribution in [-0.2, 0) is 6.18 Å². The van der Waals surface area contributed by atoms with E-state index in [4.69, 9.17) is 0 Å². The van der Waals surface area contributed by atoms with E-state index in [0.717, 1.165) is 10.6 Å². The smallest absolute Gasteiger partial charge is 0.297 e. The molecule has 0 saturated carbocycles. The normalized spacial score (nSPS) is 11.6. The van der Waals surface area contributed by atoms with E-state index in [-0.39, 0.29) is 11.5 Å². The first kappa shape index (κ1) is 12.8. The molecule has 2 aromatic heterocycles. The molecule has 0 atom stereocenters. The second-order valence-corrected chi connectivity index (χ2v) is 4.36. The zero-order chi connectivity index (χ0) is 13.3. The molecule has 2 rings (SSSR count). The monoisotopic (exact) mass is 318 g/mol. The highest BCUT2D eigenvalue weighted by atomic mass is 79.9. The summed E-state index contributed by atoms with van der Waals surface area (Å²) >= 11 is 3.11. The van der Waals surface area contributed by atoms with Crippen LogP contribution in [0.3, 0.4) is 0 Å². The molecule has 2 heterocycles. The van der Waals surface area contributed by atoms with Crippen molar-refractivity contribution >= 4 is 22.2 Å². The van der Waals surface area contributed by atoms with Crippen molar-refractivity contribution in [3.8, 4) is 5.82 Å². The van der Waals surface area contributed by atoms with Gasteiger partial charge >= 0.3 is 6.18 Å². The molecule has 0 amide bonds. The van der Waals surface area contributed by atoms with E-state index in [9.17, 15) is 18.0 Å². The van der Waals surface area contributed by atoms with Crippen molar-refractivity contribution < 1.29 is 18.0 Å². The minimum absolute atomic E-state index is 0.0890. The highest BCUT2D eigenvalue weighted by Gasteiger charge is 2.34. The van der Waals surface area contributed by atoms with Crippen LogP contribution in [0.15, 0.2) is 35.1 Å². The Morgan fingerprint density at radius 2 is 2.11 bits per heavy atom. The summed E-state index contributed by atoms with van der Waals surface area (Å²) in [4.78, 5) is 14.5. The average molecular weight is 319 g/mol. The van der Waals surface area contributed by atoms with Crippen molar-refractivity contribution in [3.63, 3.8) is 0 Å². The van der Waals surface area contributed by atoms with E-state index in [1.54, 1.807) is 0 Å². The van der Waals surface area contributed by atoms with Gasteiger partial charge in [0.2, 0.25) is 0 Å². The van der Waals surface area contributed by atoms with Crippen LogP contribution in [0, 0.1) is 0 Å². The molecular weight excluding hydrogens is 313 g/mol. The number of nitrogens with zero attached hydrogens (tertiary/aromatic N) is 2. The molecule has 0 aliphatic rings. The molecule has 94 valence electrons. The van der Waals surface area contributed by atoms with Gasteiger partial charge in [-0.3, -0.25) is 9.36 Å². The van der Waals surface area contributed by atoms with Crippen LogP contribution < -0.4 is 0 Å². The molecular formula is C11H6BrF3N2O. The third kappa shape index (κ3) is 2.31. The summed E-state index contributed by atoms with van der Waals surface area (Å²) in [6, 6.07) is 3.54. The Bertz CT molecular complexity index is 592. The Balaban J connectivity index is 2.67. The van der Waals surface area contributed by atoms with Crippen molar-refractivity contribution in [2.24, 2.45) is 0 Å². The van der Waals surface area contributed by atoms with Gasteiger partial charge < -0.3 is 0 Å². The summed E-state index contributed by atoms with van der Waals surface area (Å²) in [5.41, 5.74) is -0.803. The number of hydrogen-bond donors (Lipinski definition) is 0. The summed E-state index contributed by atoms with van der Waals surface area (Å²) in [6.45, 7) is 0. The largest absolute Gasteiger partial charge is 0.419 e. The van der Waals surface area contributed by atoms with Crippen molar-refractivity contribution in [3.05, 3.63) is 46.3 Å². The van der Waals surface area contributed by atoms with Crippen LogP contribution in [0.2, 0.25) is 0 Å². The van der Waals surface area contributed by atoms with Gasteiger partial charge in [-0.15, -0.1) is 0 Å². The van der Waals surface area contributed by atoms with E-state index >= 15 is 0 Å². The Hall–Kier alpha value is -1.63. The molecule has 0 aliphatic heterocycles. The van der Waals surface area contributed by atoms with Gasteiger partial charge in [-0.05, 0) is 34.1 Å². The Kier molecular flexibility index (Phi) is 3.25. The number of rotatable bonds is 2. The number of pyridine rings is 1. The van der Waals surface area contributed by atoms with E-state index in [0.29, 0.717) is 10.8 Å². The van der Waals surface area contributed by atoms with Crippen LogP contribution in [0.25, 0.3) is 5.82 Å². The zero-order valence-electron chi connectivity index (χ0n) is 8.78. The number of aromatic nitrogens is 2. The number of hydrogen-bond acceptors (Lipinski definition) is 2. The Morgan fingerprint density at radius 3 is 2.72 bits per heavy atom. The molecule has 2 aromatic rings. The van der Waals surface area contributed by atoms with Crippen LogP contribution in [-0.4, -0.2) is 15.8 Å². The lowest BCUT2D eigenvalue weighted by Crippen LogP contribution is -2.13. The van der Waals surface area contributed by atoms with E-state index in [1.807, 2.05) is 0 Å². The fourth-order valence-corrected chi connectivity index (χ4v) is 1.97. The molecule has 7 heteroatoms. The van der Waals surface area contributed by atoms with Gasteiger partial charge in [0.25, 0.3) is 0 Å². The van der Waals surface area contributed by atoms with Gasteiger partial charge in [0.15, 0.2) is 6.29 Å². The van der Waals surface area contributed by atoms with Gasteiger partial charge in [0, 0.05) is 16.9 Å². The lowest BCUT2D eigenvalue weighted by molar-refractivity contribution is -0.137. The van der Waals surface area contributed by atoms with Crippen LogP contribution in [0.5, 0.6) is 0 Å². The first-order valence-electron chi connectivity index (χ1n) is 4.79. The minimum atomic E-state index is -4.53. The van der Waals surface area contributed by atoms with Crippen molar-refractivity contribution in [1.82, 2.24) is 9.55 Å². The number of alkyl halides is 3. The average Bonchev–Trinajstić information content (AvgIpc) is 2.69. The molecule has 0 spiro atoms. The van der Waals surface area contributed by atoms with Gasteiger partial charge in [-0.2, -0.15) is 13.2 Å². The Labute approximate surface area is 108 Å². The molecule has 0 fully saturated rings. The molecule has 0 aliphatic carbocycles. The number of halogens is 4. The van der Waals surface area contributed by atoms with Crippen molar-refractivity contribution in [2.75, 3.05) is 0 Å². The fraction of sp³-hybridized carbons (Fsp3) is 0.0909. The van der Waals surface area contributed by atoms with E-state index < -0.39 is 11.7 Å². The third-order valence-corrected chi connectivity index (χ3v) is 2.69.